The SMILES string of the molecule is CCCCCCCCCCCCCCCCCC(=O)NC(CCC(N)=O)C(=O)O.[NaH].[NaH]. The van der Waals surface area contributed by atoms with Crippen molar-refractivity contribution in [3.63, 3.8) is 0 Å². The van der Waals surface area contributed by atoms with Gasteiger partial charge in [-0.3, -0.25) is 9.59 Å². The van der Waals surface area contributed by atoms with Crippen molar-refractivity contribution in [3.05, 3.63) is 0 Å². The first-order chi connectivity index (χ1) is 14.0. The molecule has 0 aliphatic carbocycles. The van der Waals surface area contributed by atoms with Crippen LogP contribution >= 0.6 is 0 Å². The van der Waals surface area contributed by atoms with Crippen molar-refractivity contribution < 1.29 is 19.5 Å². The predicted molar refractivity (Wildman–Crippen MR) is 132 cm³/mol. The summed E-state index contributed by atoms with van der Waals surface area (Å²) >= 11 is 0. The molecule has 0 fully saturated rings. The number of aliphatic carboxylic acids is 1. The number of carbonyl (C=O) groups excluding carboxylic acids is 2. The second-order valence-corrected chi connectivity index (χ2v) is 8.16. The summed E-state index contributed by atoms with van der Waals surface area (Å²) in [6, 6.07) is -1.04. The summed E-state index contributed by atoms with van der Waals surface area (Å²) in [5.41, 5.74) is 5.03. The van der Waals surface area contributed by atoms with Crippen LogP contribution in [-0.4, -0.2) is 88.0 Å². The third-order valence-corrected chi connectivity index (χ3v) is 5.32. The molecule has 0 aliphatic rings. The normalized spacial score (nSPS) is 11.1. The van der Waals surface area contributed by atoms with Gasteiger partial charge >= 0.3 is 65.1 Å². The molecule has 0 saturated carbocycles. The van der Waals surface area contributed by atoms with Crippen molar-refractivity contribution in [3.8, 4) is 0 Å². The van der Waals surface area contributed by atoms with E-state index in [0.717, 1.165) is 19.3 Å². The maximum absolute atomic E-state index is 11.8. The number of rotatable bonds is 21. The van der Waals surface area contributed by atoms with E-state index in [1.807, 2.05) is 0 Å². The predicted octanol–water partition coefficient (Wildman–Crippen LogP) is 3.79. The summed E-state index contributed by atoms with van der Waals surface area (Å²) in [4.78, 5) is 33.7. The Hall–Kier alpha value is 0.410. The van der Waals surface area contributed by atoms with Crippen LogP contribution in [0.1, 0.15) is 122 Å². The average molecular weight is 461 g/mol. The Kier molecular flexibility index (Phi) is 31.0. The molecule has 0 spiro atoms. The second-order valence-electron chi connectivity index (χ2n) is 8.16. The number of hydrogen-bond acceptors (Lipinski definition) is 3. The fourth-order valence-corrected chi connectivity index (χ4v) is 3.47. The molecule has 0 rings (SSSR count). The minimum atomic E-state index is -1.13. The molecule has 0 heterocycles. The van der Waals surface area contributed by atoms with Gasteiger partial charge in [0.2, 0.25) is 11.8 Å². The zero-order valence-electron chi connectivity index (χ0n) is 18.6. The van der Waals surface area contributed by atoms with E-state index < -0.39 is 17.9 Å². The molecule has 8 heteroatoms. The number of carbonyl (C=O) groups is 3. The Morgan fingerprint density at radius 3 is 1.45 bits per heavy atom. The molecule has 0 saturated heterocycles. The number of carboxylic acids is 1. The quantitative estimate of drug-likeness (QED) is 0.179. The van der Waals surface area contributed by atoms with Crippen LogP contribution < -0.4 is 11.1 Å². The molecule has 0 aromatic rings. The fourth-order valence-electron chi connectivity index (χ4n) is 3.47. The standard InChI is InChI=1S/C23H44N2O4.2Na.2H/c1-2-3-4-5-6-7-8-9-10-11-12-13-14-15-16-17-22(27)25-20(23(28)29)18-19-21(24)26;;;;/h20H,2-19H2,1H3,(H2,24,26)(H,25,27)(H,28,29);;;;. The molecular weight excluding hydrogens is 414 g/mol. The van der Waals surface area contributed by atoms with E-state index in [-0.39, 0.29) is 77.9 Å². The van der Waals surface area contributed by atoms with Gasteiger partial charge in [0.1, 0.15) is 6.04 Å². The monoisotopic (exact) mass is 460 g/mol. The van der Waals surface area contributed by atoms with Crippen molar-refractivity contribution in [1.82, 2.24) is 5.32 Å². The molecular formula is C23H46N2Na2O4. The zero-order valence-corrected chi connectivity index (χ0v) is 18.6. The first kappa shape index (κ1) is 36.0. The Morgan fingerprint density at radius 1 is 0.710 bits per heavy atom. The number of primary amides is 1. The van der Waals surface area contributed by atoms with Gasteiger partial charge in [-0.1, -0.05) is 96.8 Å². The maximum atomic E-state index is 11.8. The number of unbranched alkanes of at least 4 members (excludes halogenated alkanes) is 14. The van der Waals surface area contributed by atoms with Crippen molar-refractivity contribution in [2.45, 2.75) is 129 Å². The third-order valence-electron chi connectivity index (χ3n) is 5.32. The van der Waals surface area contributed by atoms with E-state index >= 15 is 0 Å². The second kappa shape index (κ2) is 26.7. The summed E-state index contributed by atoms with van der Waals surface area (Å²) in [5.74, 6) is -1.96. The zero-order chi connectivity index (χ0) is 21.7. The summed E-state index contributed by atoms with van der Waals surface area (Å²) in [6.45, 7) is 2.25. The van der Waals surface area contributed by atoms with E-state index in [1.165, 1.54) is 77.0 Å². The molecule has 0 aromatic heterocycles. The average Bonchev–Trinajstić information content (AvgIpc) is 2.67. The Labute approximate surface area is 234 Å². The van der Waals surface area contributed by atoms with Crippen molar-refractivity contribution in [2.75, 3.05) is 0 Å². The van der Waals surface area contributed by atoms with Crippen LogP contribution in [0.2, 0.25) is 0 Å². The van der Waals surface area contributed by atoms with E-state index in [0.29, 0.717) is 6.42 Å². The minimum absolute atomic E-state index is 0. The molecule has 2 amide bonds. The Morgan fingerprint density at radius 2 is 1.10 bits per heavy atom. The third kappa shape index (κ3) is 26.5. The van der Waals surface area contributed by atoms with E-state index in [9.17, 15) is 14.4 Å². The Bertz CT molecular complexity index is 451. The molecule has 0 aromatic carbocycles. The Balaban J connectivity index is -0.00000392. The summed E-state index contributed by atoms with van der Waals surface area (Å²) in [5, 5.41) is 11.5. The first-order valence-corrected chi connectivity index (χ1v) is 11.8. The van der Waals surface area contributed by atoms with Crippen LogP contribution in [0, 0.1) is 0 Å². The molecule has 31 heavy (non-hydrogen) atoms. The van der Waals surface area contributed by atoms with Gasteiger partial charge in [-0.2, -0.15) is 0 Å². The van der Waals surface area contributed by atoms with Crippen LogP contribution in [-0.2, 0) is 14.4 Å². The topological polar surface area (TPSA) is 109 Å². The van der Waals surface area contributed by atoms with Gasteiger partial charge < -0.3 is 16.2 Å². The van der Waals surface area contributed by atoms with E-state index in [2.05, 4.69) is 12.2 Å². The number of hydrogen-bond donors (Lipinski definition) is 3. The molecule has 174 valence electrons. The van der Waals surface area contributed by atoms with Crippen LogP contribution in [0.15, 0.2) is 0 Å². The number of nitrogens with one attached hydrogen (secondary N) is 1. The van der Waals surface area contributed by atoms with Gasteiger partial charge in [-0.05, 0) is 12.8 Å². The van der Waals surface area contributed by atoms with Gasteiger partial charge in [-0.15, -0.1) is 0 Å². The molecule has 0 bridgehead atoms. The molecule has 4 N–H and O–H groups in total. The number of amides is 2. The molecule has 1 atom stereocenters. The van der Waals surface area contributed by atoms with Crippen LogP contribution in [0.25, 0.3) is 0 Å². The molecule has 0 radical (unpaired) electrons. The molecule has 0 aliphatic heterocycles. The van der Waals surface area contributed by atoms with Crippen LogP contribution in [0.3, 0.4) is 0 Å². The molecule has 1 unspecified atom stereocenters. The van der Waals surface area contributed by atoms with Gasteiger partial charge in [0, 0.05) is 12.8 Å². The van der Waals surface area contributed by atoms with Crippen molar-refractivity contribution >= 4 is 76.9 Å². The molecule has 6 nitrogen and oxygen atoms in total. The van der Waals surface area contributed by atoms with Crippen LogP contribution in [0.5, 0.6) is 0 Å². The fraction of sp³-hybridized carbons (Fsp3) is 0.870. The summed E-state index contributed by atoms with van der Waals surface area (Å²) in [7, 11) is 0. The van der Waals surface area contributed by atoms with Gasteiger partial charge in [0.05, 0.1) is 0 Å². The number of nitrogens with two attached hydrogens (primary N) is 1. The van der Waals surface area contributed by atoms with E-state index in [1.54, 1.807) is 0 Å². The number of carboxylic acid groups (broad SMARTS) is 1. The summed E-state index contributed by atoms with van der Waals surface area (Å²) < 4.78 is 0. The first-order valence-electron chi connectivity index (χ1n) is 11.8. The summed E-state index contributed by atoms with van der Waals surface area (Å²) in [6.07, 6.45) is 19.3. The van der Waals surface area contributed by atoms with E-state index in [4.69, 9.17) is 10.8 Å². The van der Waals surface area contributed by atoms with Crippen molar-refractivity contribution in [1.29, 1.82) is 0 Å². The van der Waals surface area contributed by atoms with Gasteiger partial charge in [-0.25, -0.2) is 4.79 Å². The van der Waals surface area contributed by atoms with Gasteiger partial charge in [0.15, 0.2) is 0 Å². The van der Waals surface area contributed by atoms with Crippen molar-refractivity contribution in [2.24, 2.45) is 5.73 Å². The van der Waals surface area contributed by atoms with Crippen LogP contribution in [0.4, 0.5) is 0 Å². The van der Waals surface area contributed by atoms with Gasteiger partial charge in [0.25, 0.3) is 0 Å².